The van der Waals surface area contributed by atoms with E-state index in [1.165, 1.54) is 0 Å². The van der Waals surface area contributed by atoms with Crippen molar-refractivity contribution in [1.29, 1.82) is 0 Å². The normalized spacial score (nSPS) is 10.2. The van der Waals surface area contributed by atoms with E-state index in [0.29, 0.717) is 17.8 Å². The van der Waals surface area contributed by atoms with Gasteiger partial charge in [-0.1, -0.05) is 18.2 Å². The van der Waals surface area contributed by atoms with Crippen LogP contribution in [0.3, 0.4) is 0 Å². The first-order chi connectivity index (χ1) is 10.1. The highest BCUT2D eigenvalue weighted by Gasteiger charge is 2.09. The first kappa shape index (κ1) is 14.9. The molecule has 0 aromatic heterocycles. The summed E-state index contributed by atoms with van der Waals surface area (Å²) in [4.78, 5) is 11.2. The topological polar surface area (TPSA) is 58.6 Å². The second-order valence-corrected chi connectivity index (χ2v) is 4.88. The molecule has 21 heavy (non-hydrogen) atoms. The lowest BCUT2D eigenvalue weighted by molar-refractivity contribution is 0.0698. The van der Waals surface area contributed by atoms with Gasteiger partial charge in [0.2, 0.25) is 0 Å². The van der Waals surface area contributed by atoms with Crippen LogP contribution < -0.4 is 10.1 Å². The van der Waals surface area contributed by atoms with Gasteiger partial charge in [0.15, 0.2) is 0 Å². The quantitative estimate of drug-likeness (QED) is 0.854. The summed E-state index contributed by atoms with van der Waals surface area (Å²) in [6.07, 6.45) is 0.796. The molecule has 0 unspecified atom stereocenters. The minimum absolute atomic E-state index is 0.297. The maximum absolute atomic E-state index is 11.2. The maximum Gasteiger partial charge on any atom is 0.337 e. The van der Waals surface area contributed by atoms with Crippen molar-refractivity contribution in [3.8, 4) is 5.75 Å². The molecule has 0 radical (unpaired) electrons. The molecule has 2 aromatic carbocycles. The van der Waals surface area contributed by atoms with Gasteiger partial charge in [0.1, 0.15) is 5.75 Å². The molecule has 0 aliphatic carbocycles. The standard InChI is InChI=1S/C17H19NO3/c1-12-6-7-15(17(19)20)16(10-12)18-9-8-13-4-3-5-14(11-13)21-2/h3-7,10-11,18H,8-9H2,1-2H3,(H,19,20). The van der Waals surface area contributed by atoms with Crippen LogP contribution in [0.25, 0.3) is 0 Å². The van der Waals surface area contributed by atoms with Gasteiger partial charge in [-0.3, -0.25) is 0 Å². The smallest absolute Gasteiger partial charge is 0.337 e. The fraction of sp³-hybridized carbons (Fsp3) is 0.235. The first-order valence-corrected chi connectivity index (χ1v) is 6.81. The van der Waals surface area contributed by atoms with Crippen LogP contribution in [0.15, 0.2) is 42.5 Å². The molecule has 0 amide bonds. The van der Waals surface area contributed by atoms with Crippen LogP contribution in [-0.2, 0) is 6.42 Å². The Morgan fingerprint density at radius 2 is 2.05 bits per heavy atom. The highest BCUT2D eigenvalue weighted by molar-refractivity contribution is 5.94. The van der Waals surface area contributed by atoms with Crippen LogP contribution in [0, 0.1) is 6.92 Å². The van der Waals surface area contributed by atoms with E-state index in [1.54, 1.807) is 19.2 Å². The average Bonchev–Trinajstić information content (AvgIpc) is 2.47. The number of hydrogen-bond donors (Lipinski definition) is 2. The molecule has 0 aliphatic rings. The summed E-state index contributed by atoms with van der Waals surface area (Å²) >= 11 is 0. The number of carboxylic acid groups (broad SMARTS) is 1. The van der Waals surface area contributed by atoms with Crippen LogP contribution in [-0.4, -0.2) is 24.7 Å². The second kappa shape index (κ2) is 6.79. The molecular formula is C17H19NO3. The molecule has 0 heterocycles. The van der Waals surface area contributed by atoms with E-state index in [-0.39, 0.29) is 0 Å². The van der Waals surface area contributed by atoms with Gasteiger partial charge in [0.25, 0.3) is 0 Å². The zero-order chi connectivity index (χ0) is 15.2. The number of aromatic carboxylic acids is 1. The predicted octanol–water partition coefficient (Wildman–Crippen LogP) is 3.36. The Bertz CT molecular complexity index is 638. The molecule has 0 saturated carbocycles. The second-order valence-electron chi connectivity index (χ2n) is 4.88. The molecule has 4 nitrogen and oxygen atoms in total. The van der Waals surface area contributed by atoms with Gasteiger partial charge >= 0.3 is 5.97 Å². The molecule has 0 saturated heterocycles. The zero-order valence-corrected chi connectivity index (χ0v) is 12.2. The number of rotatable bonds is 6. The number of hydrogen-bond acceptors (Lipinski definition) is 3. The molecule has 0 aliphatic heterocycles. The van der Waals surface area contributed by atoms with E-state index in [0.717, 1.165) is 23.3 Å². The van der Waals surface area contributed by atoms with Crippen molar-refractivity contribution in [3.05, 3.63) is 59.2 Å². The van der Waals surface area contributed by atoms with Crippen LogP contribution in [0.2, 0.25) is 0 Å². The van der Waals surface area contributed by atoms with E-state index < -0.39 is 5.97 Å². The van der Waals surface area contributed by atoms with E-state index in [9.17, 15) is 9.90 Å². The number of anilines is 1. The number of nitrogens with one attached hydrogen (secondary N) is 1. The van der Waals surface area contributed by atoms with Gasteiger partial charge in [-0.15, -0.1) is 0 Å². The Morgan fingerprint density at radius 1 is 1.24 bits per heavy atom. The van der Waals surface area contributed by atoms with E-state index in [1.807, 2.05) is 37.3 Å². The summed E-state index contributed by atoms with van der Waals surface area (Å²) in [5, 5.41) is 12.4. The lowest BCUT2D eigenvalue weighted by Crippen LogP contribution is -2.09. The van der Waals surface area contributed by atoms with Gasteiger partial charge in [-0.05, 0) is 48.7 Å². The lowest BCUT2D eigenvalue weighted by Gasteiger charge is -2.11. The van der Waals surface area contributed by atoms with Crippen molar-refractivity contribution < 1.29 is 14.6 Å². The van der Waals surface area contributed by atoms with Gasteiger partial charge in [-0.2, -0.15) is 0 Å². The van der Waals surface area contributed by atoms with E-state index in [2.05, 4.69) is 5.32 Å². The van der Waals surface area contributed by atoms with Gasteiger partial charge in [-0.25, -0.2) is 4.79 Å². The third-order valence-electron chi connectivity index (χ3n) is 3.27. The number of aryl methyl sites for hydroxylation is 1. The molecule has 2 N–H and O–H groups in total. The van der Waals surface area contributed by atoms with E-state index in [4.69, 9.17) is 4.74 Å². The van der Waals surface area contributed by atoms with Crippen molar-refractivity contribution in [2.75, 3.05) is 19.0 Å². The van der Waals surface area contributed by atoms with Crippen LogP contribution in [0.5, 0.6) is 5.75 Å². The first-order valence-electron chi connectivity index (χ1n) is 6.81. The van der Waals surface area contributed by atoms with Crippen molar-refractivity contribution in [3.63, 3.8) is 0 Å². The summed E-state index contributed by atoms with van der Waals surface area (Å²) in [5.74, 6) is -0.0897. The summed E-state index contributed by atoms with van der Waals surface area (Å²) < 4.78 is 5.19. The molecule has 110 valence electrons. The van der Waals surface area contributed by atoms with Crippen LogP contribution in [0.4, 0.5) is 5.69 Å². The SMILES string of the molecule is COc1cccc(CCNc2cc(C)ccc2C(=O)O)c1. The van der Waals surface area contributed by atoms with Crippen LogP contribution in [0.1, 0.15) is 21.5 Å². The summed E-state index contributed by atoms with van der Waals surface area (Å²) in [6, 6.07) is 13.1. The number of carbonyl (C=O) groups is 1. The monoisotopic (exact) mass is 285 g/mol. The van der Waals surface area contributed by atoms with Crippen molar-refractivity contribution in [1.82, 2.24) is 0 Å². The minimum Gasteiger partial charge on any atom is -0.497 e. The van der Waals surface area contributed by atoms with Crippen molar-refractivity contribution in [2.24, 2.45) is 0 Å². The summed E-state index contributed by atoms with van der Waals surface area (Å²) in [6.45, 7) is 2.61. The molecule has 0 fully saturated rings. The fourth-order valence-electron chi connectivity index (χ4n) is 2.16. The van der Waals surface area contributed by atoms with Crippen molar-refractivity contribution in [2.45, 2.75) is 13.3 Å². The number of methoxy groups -OCH3 is 1. The molecule has 0 spiro atoms. The number of ether oxygens (including phenoxy) is 1. The van der Waals surface area contributed by atoms with Gasteiger partial charge < -0.3 is 15.2 Å². The molecular weight excluding hydrogens is 266 g/mol. The largest absolute Gasteiger partial charge is 0.497 e. The summed E-state index contributed by atoms with van der Waals surface area (Å²) in [7, 11) is 1.64. The average molecular weight is 285 g/mol. The zero-order valence-electron chi connectivity index (χ0n) is 12.2. The highest BCUT2D eigenvalue weighted by atomic mass is 16.5. The molecule has 0 bridgehead atoms. The number of carboxylic acids is 1. The fourth-order valence-corrected chi connectivity index (χ4v) is 2.16. The predicted molar refractivity (Wildman–Crippen MR) is 83.3 cm³/mol. The lowest BCUT2D eigenvalue weighted by atomic mass is 10.1. The third kappa shape index (κ3) is 3.99. The van der Waals surface area contributed by atoms with Crippen LogP contribution >= 0.6 is 0 Å². The molecule has 4 heteroatoms. The Labute approximate surface area is 124 Å². The molecule has 0 atom stereocenters. The molecule has 2 rings (SSSR count). The van der Waals surface area contributed by atoms with Crippen molar-refractivity contribution >= 4 is 11.7 Å². The Kier molecular flexibility index (Phi) is 4.82. The van der Waals surface area contributed by atoms with E-state index >= 15 is 0 Å². The maximum atomic E-state index is 11.2. The number of benzene rings is 2. The Morgan fingerprint density at radius 3 is 2.76 bits per heavy atom. The third-order valence-corrected chi connectivity index (χ3v) is 3.27. The minimum atomic E-state index is -0.918. The molecule has 2 aromatic rings. The highest BCUT2D eigenvalue weighted by Crippen LogP contribution is 2.18. The Hall–Kier alpha value is -2.49. The summed E-state index contributed by atoms with van der Waals surface area (Å²) in [5.41, 5.74) is 3.13. The van der Waals surface area contributed by atoms with Gasteiger partial charge in [0, 0.05) is 12.2 Å². The van der Waals surface area contributed by atoms with Gasteiger partial charge in [0.05, 0.1) is 12.7 Å². The Balaban J connectivity index is 2.03.